The van der Waals surface area contributed by atoms with Gasteiger partial charge in [0.1, 0.15) is 10.5 Å². The number of pyridine rings is 1. The first-order valence-corrected chi connectivity index (χ1v) is 9.53. The molecule has 1 unspecified atom stereocenters. The largest absolute Gasteiger partial charge is 0.494 e. The monoisotopic (exact) mass is 370 g/mol. The molecular formula is C20H22N2O3S. The standard InChI is InChI=1S/C20H22N2O3S/c1-20(18(23)22-19(24)26-20)14-15-8-10-17(11-9-15)25-13-5-3-7-16-6-2-4-12-21-16/h2,4,6,8-12H,3,5,7,13-14H2,1H3,(H,22,23,24). The first-order valence-electron chi connectivity index (χ1n) is 8.71. The predicted molar refractivity (Wildman–Crippen MR) is 102 cm³/mol. The lowest BCUT2D eigenvalue weighted by Crippen LogP contribution is -2.35. The van der Waals surface area contributed by atoms with Crippen molar-refractivity contribution in [3.63, 3.8) is 0 Å². The first kappa shape index (κ1) is 18.5. The maximum absolute atomic E-state index is 11.9. The van der Waals surface area contributed by atoms with Crippen LogP contribution in [0.4, 0.5) is 4.79 Å². The van der Waals surface area contributed by atoms with Crippen molar-refractivity contribution in [1.82, 2.24) is 10.3 Å². The first-order chi connectivity index (χ1) is 12.5. The summed E-state index contributed by atoms with van der Waals surface area (Å²) in [6.45, 7) is 2.46. The Hall–Kier alpha value is -2.34. The maximum Gasteiger partial charge on any atom is 0.286 e. The summed E-state index contributed by atoms with van der Waals surface area (Å²) >= 11 is 1.06. The van der Waals surface area contributed by atoms with E-state index in [9.17, 15) is 9.59 Å². The molecule has 5 nitrogen and oxygen atoms in total. The summed E-state index contributed by atoms with van der Waals surface area (Å²) in [6.07, 6.45) is 5.29. The lowest BCUT2D eigenvalue weighted by Gasteiger charge is -2.18. The highest BCUT2D eigenvalue weighted by Crippen LogP contribution is 2.34. The molecule has 26 heavy (non-hydrogen) atoms. The fraction of sp³-hybridized carbons (Fsp3) is 0.350. The van der Waals surface area contributed by atoms with Gasteiger partial charge >= 0.3 is 0 Å². The molecule has 0 spiro atoms. The molecule has 1 aromatic heterocycles. The number of hydrogen-bond donors (Lipinski definition) is 1. The molecule has 1 atom stereocenters. The number of carbonyl (C=O) groups is 2. The van der Waals surface area contributed by atoms with Gasteiger partial charge in [0.25, 0.3) is 5.24 Å². The molecule has 1 saturated heterocycles. The minimum Gasteiger partial charge on any atom is -0.494 e. The average molecular weight is 370 g/mol. The van der Waals surface area contributed by atoms with E-state index in [4.69, 9.17) is 4.74 Å². The molecule has 0 radical (unpaired) electrons. The molecule has 1 fully saturated rings. The summed E-state index contributed by atoms with van der Waals surface area (Å²) in [4.78, 5) is 27.6. The summed E-state index contributed by atoms with van der Waals surface area (Å²) in [5.74, 6) is 0.595. The van der Waals surface area contributed by atoms with Gasteiger partial charge in [0.15, 0.2) is 0 Å². The molecule has 2 aromatic rings. The highest BCUT2D eigenvalue weighted by Gasteiger charge is 2.43. The smallest absolute Gasteiger partial charge is 0.286 e. The van der Waals surface area contributed by atoms with E-state index in [2.05, 4.69) is 10.3 Å². The van der Waals surface area contributed by atoms with Crippen molar-refractivity contribution in [2.24, 2.45) is 0 Å². The maximum atomic E-state index is 11.9. The number of nitrogens with zero attached hydrogens (tertiary/aromatic N) is 1. The van der Waals surface area contributed by atoms with Crippen LogP contribution in [0.15, 0.2) is 48.7 Å². The number of thioether (sulfide) groups is 1. The number of imide groups is 1. The fourth-order valence-corrected chi connectivity index (χ4v) is 3.79. The zero-order valence-electron chi connectivity index (χ0n) is 14.7. The molecule has 0 aliphatic carbocycles. The Morgan fingerprint density at radius 3 is 2.58 bits per heavy atom. The van der Waals surface area contributed by atoms with Crippen LogP contribution in [0.3, 0.4) is 0 Å². The minimum absolute atomic E-state index is 0.222. The number of nitrogens with one attached hydrogen (secondary N) is 1. The van der Waals surface area contributed by atoms with Crippen molar-refractivity contribution >= 4 is 22.9 Å². The third-order valence-electron chi connectivity index (χ3n) is 4.30. The average Bonchev–Trinajstić information content (AvgIpc) is 2.88. The van der Waals surface area contributed by atoms with Gasteiger partial charge in [-0.25, -0.2) is 0 Å². The van der Waals surface area contributed by atoms with E-state index in [-0.39, 0.29) is 11.1 Å². The van der Waals surface area contributed by atoms with Crippen LogP contribution in [-0.4, -0.2) is 27.5 Å². The number of rotatable bonds is 8. The Balaban J connectivity index is 1.42. The summed E-state index contributed by atoms with van der Waals surface area (Å²) < 4.78 is 5.04. The number of benzene rings is 1. The Morgan fingerprint density at radius 2 is 1.92 bits per heavy atom. The molecule has 1 aliphatic heterocycles. The Morgan fingerprint density at radius 1 is 1.12 bits per heavy atom. The van der Waals surface area contributed by atoms with E-state index in [1.54, 1.807) is 6.92 Å². The van der Waals surface area contributed by atoms with Crippen molar-refractivity contribution < 1.29 is 14.3 Å². The van der Waals surface area contributed by atoms with Gasteiger partial charge in [0, 0.05) is 11.9 Å². The van der Waals surface area contributed by atoms with Gasteiger partial charge in [-0.3, -0.25) is 19.9 Å². The van der Waals surface area contributed by atoms with Crippen molar-refractivity contribution in [2.45, 2.75) is 37.4 Å². The molecule has 6 heteroatoms. The van der Waals surface area contributed by atoms with Gasteiger partial charge in [-0.2, -0.15) is 0 Å². The minimum atomic E-state index is -0.731. The highest BCUT2D eigenvalue weighted by atomic mass is 32.2. The molecule has 2 amide bonds. The van der Waals surface area contributed by atoms with E-state index < -0.39 is 4.75 Å². The summed E-state index contributed by atoms with van der Waals surface area (Å²) in [6, 6.07) is 13.7. The second kappa shape index (κ2) is 8.36. The molecule has 136 valence electrons. The van der Waals surface area contributed by atoms with Crippen molar-refractivity contribution in [2.75, 3.05) is 6.61 Å². The summed E-state index contributed by atoms with van der Waals surface area (Å²) in [5.41, 5.74) is 2.12. The van der Waals surface area contributed by atoms with Crippen LogP contribution in [0.2, 0.25) is 0 Å². The molecule has 0 saturated carbocycles. The van der Waals surface area contributed by atoms with Crippen LogP contribution >= 0.6 is 11.8 Å². The number of hydrogen-bond acceptors (Lipinski definition) is 5. The van der Waals surface area contributed by atoms with Gasteiger partial charge in [-0.05, 0) is 74.2 Å². The van der Waals surface area contributed by atoms with E-state index in [0.29, 0.717) is 13.0 Å². The van der Waals surface area contributed by atoms with Crippen molar-refractivity contribution in [3.8, 4) is 5.75 Å². The van der Waals surface area contributed by atoms with Crippen LogP contribution in [0.5, 0.6) is 5.75 Å². The van der Waals surface area contributed by atoms with E-state index in [1.165, 1.54) is 0 Å². The van der Waals surface area contributed by atoms with Crippen LogP contribution in [0.1, 0.15) is 31.0 Å². The molecule has 3 rings (SSSR count). The second-order valence-corrected chi connectivity index (χ2v) is 8.00. The molecular weight excluding hydrogens is 348 g/mol. The van der Waals surface area contributed by atoms with Crippen molar-refractivity contribution in [1.29, 1.82) is 0 Å². The summed E-state index contributed by atoms with van der Waals surface area (Å²) in [7, 11) is 0. The third kappa shape index (κ3) is 4.85. The SMILES string of the molecule is CC1(Cc2ccc(OCCCCc3ccccn3)cc2)SC(=O)NC1=O. The Kier molecular flexibility index (Phi) is 5.93. The number of ether oxygens (including phenoxy) is 1. The number of aromatic nitrogens is 1. The second-order valence-electron chi connectivity index (χ2n) is 6.52. The molecule has 1 N–H and O–H groups in total. The lowest BCUT2D eigenvalue weighted by molar-refractivity contribution is -0.121. The quantitative estimate of drug-likeness (QED) is 0.717. The third-order valence-corrected chi connectivity index (χ3v) is 5.37. The summed E-state index contributed by atoms with van der Waals surface area (Å²) in [5, 5.41) is 2.07. The fourth-order valence-electron chi connectivity index (χ4n) is 2.85. The Labute approximate surface area is 157 Å². The van der Waals surface area contributed by atoms with Gasteiger partial charge < -0.3 is 4.74 Å². The number of amides is 2. The highest BCUT2D eigenvalue weighted by molar-refractivity contribution is 8.16. The predicted octanol–water partition coefficient (Wildman–Crippen LogP) is 3.77. The van der Waals surface area contributed by atoms with E-state index in [1.807, 2.05) is 48.7 Å². The topological polar surface area (TPSA) is 68.3 Å². The van der Waals surface area contributed by atoms with Crippen LogP contribution in [-0.2, 0) is 17.6 Å². The number of unbranched alkanes of at least 4 members (excludes halogenated alkanes) is 1. The van der Waals surface area contributed by atoms with Crippen LogP contribution < -0.4 is 10.1 Å². The van der Waals surface area contributed by atoms with E-state index in [0.717, 1.165) is 48.0 Å². The van der Waals surface area contributed by atoms with Gasteiger partial charge in [0.05, 0.1) is 6.61 Å². The molecule has 1 aliphatic rings. The Bertz CT molecular complexity index is 764. The molecule has 2 heterocycles. The number of aryl methyl sites for hydroxylation is 1. The molecule has 0 bridgehead atoms. The van der Waals surface area contributed by atoms with Gasteiger partial charge in [0.2, 0.25) is 5.91 Å². The van der Waals surface area contributed by atoms with Gasteiger partial charge in [-0.15, -0.1) is 0 Å². The van der Waals surface area contributed by atoms with Gasteiger partial charge in [-0.1, -0.05) is 18.2 Å². The lowest BCUT2D eigenvalue weighted by atomic mass is 9.99. The molecule has 1 aromatic carbocycles. The zero-order valence-corrected chi connectivity index (χ0v) is 15.6. The van der Waals surface area contributed by atoms with Crippen LogP contribution in [0.25, 0.3) is 0 Å². The number of carbonyl (C=O) groups excluding carboxylic acids is 2. The van der Waals surface area contributed by atoms with E-state index >= 15 is 0 Å². The normalized spacial score (nSPS) is 19.4. The van der Waals surface area contributed by atoms with Crippen LogP contribution in [0, 0.1) is 0 Å². The van der Waals surface area contributed by atoms with Crippen molar-refractivity contribution in [3.05, 3.63) is 59.9 Å². The zero-order chi connectivity index (χ0) is 18.4.